The Morgan fingerprint density at radius 1 is 0.963 bits per heavy atom. The predicted octanol–water partition coefficient (Wildman–Crippen LogP) is 4.41. The Hall–Kier alpha value is -0.930. The molecule has 3 aliphatic heterocycles. The Balaban J connectivity index is 1.52. The fourth-order valence-electron chi connectivity index (χ4n) is 5.33. The molecule has 0 aromatic carbocycles. The summed E-state index contributed by atoms with van der Waals surface area (Å²) in [5, 5.41) is 8.95. The lowest BCUT2D eigenvalue weighted by Gasteiger charge is -2.33. The number of hydrogen-bond acceptors (Lipinski definition) is 5. The van der Waals surface area contributed by atoms with Crippen LogP contribution in [0.25, 0.3) is 0 Å². The van der Waals surface area contributed by atoms with Crippen molar-refractivity contribution in [3.05, 3.63) is 12.7 Å². The van der Waals surface area contributed by atoms with E-state index < -0.39 is 5.79 Å². The van der Waals surface area contributed by atoms with Gasteiger partial charge in [-0.1, -0.05) is 12.5 Å². The molecule has 5 nitrogen and oxygen atoms in total. The predicted molar refractivity (Wildman–Crippen MR) is 101 cm³/mol. The topological polar surface area (TPSA) is 60.7 Å². The molecule has 0 N–H and O–H groups in total. The SMILES string of the molecule is C=CC12CC[C@H](CCC#N)OCC[C@H]3OC4(CCCCC4)O[C@H]3[C@@H](CC1)O2. The van der Waals surface area contributed by atoms with E-state index in [-0.39, 0.29) is 30.0 Å². The summed E-state index contributed by atoms with van der Waals surface area (Å²) in [7, 11) is 0. The number of nitrogens with zero attached hydrogens (tertiary/aromatic N) is 1. The molecule has 1 saturated carbocycles. The molecule has 3 heterocycles. The Bertz CT molecular complexity index is 567. The average Bonchev–Trinajstić information content (AvgIpc) is 3.26. The smallest absolute Gasteiger partial charge is 0.169 e. The van der Waals surface area contributed by atoms with Crippen LogP contribution in [0.5, 0.6) is 0 Å². The Morgan fingerprint density at radius 3 is 2.52 bits per heavy atom. The fraction of sp³-hybridized carbons (Fsp3) is 0.864. The standard InChI is InChI=1S/C22H33NO4/c1-2-21-13-8-17(7-6-15-23)24-16-10-19-20(18(25-21)9-14-21)27-22(26-19)11-4-3-5-12-22/h2,17-20H,1,3-14,16H2/t17-,18+,19+,20-,21?/m0/s1. The molecule has 5 atom stereocenters. The second-order valence-electron chi connectivity index (χ2n) is 8.69. The lowest BCUT2D eigenvalue weighted by molar-refractivity contribution is -0.204. The summed E-state index contributed by atoms with van der Waals surface area (Å²) in [5.41, 5.74) is -0.292. The Kier molecular flexibility index (Phi) is 5.89. The van der Waals surface area contributed by atoms with Gasteiger partial charge in [-0.15, -0.1) is 6.58 Å². The molecule has 2 bridgehead atoms. The van der Waals surface area contributed by atoms with E-state index in [1.165, 1.54) is 19.3 Å². The summed E-state index contributed by atoms with van der Waals surface area (Å²) < 4.78 is 25.9. The first-order valence-corrected chi connectivity index (χ1v) is 10.8. The Morgan fingerprint density at radius 2 is 1.74 bits per heavy atom. The Labute approximate surface area is 163 Å². The summed E-state index contributed by atoms with van der Waals surface area (Å²) >= 11 is 0. The van der Waals surface area contributed by atoms with Crippen molar-refractivity contribution in [2.24, 2.45) is 0 Å². The van der Waals surface area contributed by atoms with E-state index in [1.54, 1.807) is 0 Å². The molecular formula is C22H33NO4. The summed E-state index contributed by atoms with van der Waals surface area (Å²) in [6, 6.07) is 2.25. The summed E-state index contributed by atoms with van der Waals surface area (Å²) in [6.45, 7) is 4.73. The first kappa shape index (κ1) is 19.4. The van der Waals surface area contributed by atoms with Crippen molar-refractivity contribution >= 4 is 0 Å². The third-order valence-electron chi connectivity index (χ3n) is 6.90. The van der Waals surface area contributed by atoms with Gasteiger partial charge in [-0.2, -0.15) is 5.26 Å². The summed E-state index contributed by atoms with van der Waals surface area (Å²) in [4.78, 5) is 0. The maximum atomic E-state index is 8.95. The molecule has 1 aliphatic carbocycles. The van der Waals surface area contributed by atoms with Gasteiger partial charge in [0, 0.05) is 25.9 Å². The molecule has 1 unspecified atom stereocenters. The van der Waals surface area contributed by atoms with Crippen LogP contribution in [0.15, 0.2) is 12.7 Å². The highest BCUT2D eigenvalue weighted by Crippen LogP contribution is 2.47. The summed E-state index contributed by atoms with van der Waals surface area (Å²) in [5.74, 6) is -0.402. The zero-order valence-electron chi connectivity index (χ0n) is 16.4. The van der Waals surface area contributed by atoms with Gasteiger partial charge in [0.25, 0.3) is 0 Å². The van der Waals surface area contributed by atoms with Gasteiger partial charge in [0.1, 0.15) is 6.10 Å². The molecule has 150 valence electrons. The van der Waals surface area contributed by atoms with Crippen molar-refractivity contribution in [2.45, 2.75) is 113 Å². The molecular weight excluding hydrogens is 342 g/mol. The van der Waals surface area contributed by atoms with E-state index >= 15 is 0 Å². The van der Waals surface area contributed by atoms with E-state index in [0.29, 0.717) is 13.0 Å². The lowest BCUT2D eigenvalue weighted by atomic mass is 9.91. The molecule has 5 heteroatoms. The van der Waals surface area contributed by atoms with E-state index in [4.69, 9.17) is 24.2 Å². The van der Waals surface area contributed by atoms with Gasteiger partial charge in [0.15, 0.2) is 5.79 Å². The lowest BCUT2D eigenvalue weighted by Crippen LogP contribution is -2.38. The normalized spacial score (nSPS) is 41.4. The minimum absolute atomic E-state index is 0.0100. The van der Waals surface area contributed by atoms with Crippen LogP contribution in [0.1, 0.15) is 77.0 Å². The monoisotopic (exact) mass is 375 g/mol. The van der Waals surface area contributed by atoms with Gasteiger partial charge >= 0.3 is 0 Å². The van der Waals surface area contributed by atoms with E-state index in [0.717, 1.165) is 51.4 Å². The van der Waals surface area contributed by atoms with Gasteiger partial charge in [-0.25, -0.2) is 0 Å². The van der Waals surface area contributed by atoms with Gasteiger partial charge < -0.3 is 18.9 Å². The molecule has 0 aromatic rings. The van der Waals surface area contributed by atoms with E-state index in [2.05, 4.69) is 12.6 Å². The second kappa shape index (κ2) is 8.21. The molecule has 1 spiro atoms. The van der Waals surface area contributed by atoms with Crippen LogP contribution in [-0.2, 0) is 18.9 Å². The van der Waals surface area contributed by atoms with Gasteiger partial charge in [-0.3, -0.25) is 0 Å². The van der Waals surface area contributed by atoms with Crippen molar-refractivity contribution in [1.82, 2.24) is 0 Å². The molecule has 27 heavy (non-hydrogen) atoms. The van der Waals surface area contributed by atoms with Gasteiger partial charge in [0.2, 0.25) is 0 Å². The number of hydrogen-bond donors (Lipinski definition) is 0. The third kappa shape index (κ3) is 4.10. The van der Waals surface area contributed by atoms with E-state index in [1.807, 2.05) is 6.08 Å². The molecule has 0 amide bonds. The van der Waals surface area contributed by atoms with Crippen LogP contribution in [0.4, 0.5) is 0 Å². The van der Waals surface area contributed by atoms with Crippen LogP contribution < -0.4 is 0 Å². The van der Waals surface area contributed by atoms with E-state index in [9.17, 15) is 0 Å². The average molecular weight is 376 g/mol. The zero-order valence-corrected chi connectivity index (χ0v) is 16.4. The maximum absolute atomic E-state index is 8.95. The number of fused-ring (bicyclic) bond motifs is 4. The van der Waals surface area contributed by atoms with Crippen LogP contribution in [0.2, 0.25) is 0 Å². The van der Waals surface area contributed by atoms with Gasteiger partial charge in [-0.05, 0) is 51.4 Å². The third-order valence-corrected chi connectivity index (χ3v) is 6.90. The van der Waals surface area contributed by atoms with Crippen molar-refractivity contribution in [3.8, 4) is 6.07 Å². The fourth-order valence-corrected chi connectivity index (χ4v) is 5.33. The number of rotatable bonds is 3. The van der Waals surface area contributed by atoms with Crippen LogP contribution >= 0.6 is 0 Å². The quantitative estimate of drug-likeness (QED) is 0.684. The second-order valence-corrected chi connectivity index (χ2v) is 8.69. The van der Waals surface area contributed by atoms with Crippen molar-refractivity contribution < 1.29 is 18.9 Å². The highest BCUT2D eigenvalue weighted by molar-refractivity contribution is 5.05. The highest BCUT2D eigenvalue weighted by Gasteiger charge is 2.53. The van der Waals surface area contributed by atoms with Gasteiger partial charge in [0.05, 0.1) is 30.0 Å². The van der Waals surface area contributed by atoms with Crippen molar-refractivity contribution in [3.63, 3.8) is 0 Å². The molecule has 0 radical (unpaired) electrons. The van der Waals surface area contributed by atoms with Crippen LogP contribution in [0, 0.1) is 11.3 Å². The molecule has 4 aliphatic rings. The first-order valence-electron chi connectivity index (χ1n) is 10.8. The maximum Gasteiger partial charge on any atom is 0.169 e. The zero-order chi connectivity index (χ0) is 18.7. The van der Waals surface area contributed by atoms with Crippen molar-refractivity contribution in [2.75, 3.05) is 6.61 Å². The first-order chi connectivity index (χ1) is 13.2. The van der Waals surface area contributed by atoms with Crippen molar-refractivity contribution in [1.29, 1.82) is 5.26 Å². The molecule has 4 rings (SSSR count). The minimum Gasteiger partial charge on any atom is -0.378 e. The molecule has 0 aromatic heterocycles. The number of ether oxygens (including phenoxy) is 4. The highest BCUT2D eigenvalue weighted by atomic mass is 16.8. The molecule has 4 fully saturated rings. The largest absolute Gasteiger partial charge is 0.378 e. The van der Waals surface area contributed by atoms with Crippen LogP contribution in [-0.4, -0.2) is 42.4 Å². The minimum atomic E-state index is -0.402. The number of nitriles is 1. The van der Waals surface area contributed by atoms with Crippen LogP contribution in [0.3, 0.4) is 0 Å². The summed E-state index contributed by atoms with van der Waals surface area (Å²) in [6.07, 6.45) is 13.7. The molecule has 3 saturated heterocycles.